The third-order valence-corrected chi connectivity index (χ3v) is 2.32. The molecule has 1 N–H and O–H groups in total. The molecule has 0 spiro atoms. The van der Waals surface area contributed by atoms with Crippen molar-refractivity contribution in [1.82, 2.24) is 9.55 Å². The summed E-state index contributed by atoms with van der Waals surface area (Å²) in [5, 5.41) is 0. The average molecular weight is 166 g/mol. The molecule has 2 rings (SSSR count). The number of hydrogen-bond acceptors (Lipinski definition) is 2. The summed E-state index contributed by atoms with van der Waals surface area (Å²) < 4.78 is 1.60. The molecule has 0 unspecified atom stereocenters. The largest absolute Gasteiger partial charge is 0.328 e. The highest BCUT2D eigenvalue weighted by atomic mass is 16.2. The number of aromatic amines is 1. The molecule has 0 bridgehead atoms. The van der Waals surface area contributed by atoms with Gasteiger partial charge in [-0.15, -0.1) is 0 Å². The summed E-state index contributed by atoms with van der Waals surface area (Å²) in [5.41, 5.74) is -0.609. The smallest absolute Gasteiger partial charge is 0.298 e. The van der Waals surface area contributed by atoms with Crippen LogP contribution in [-0.4, -0.2) is 9.55 Å². The molecule has 0 aromatic carbocycles. The highest BCUT2D eigenvalue weighted by Gasteiger charge is 2.19. The molecule has 0 saturated heterocycles. The van der Waals surface area contributed by atoms with Crippen LogP contribution in [0.1, 0.15) is 25.3 Å². The molecule has 0 atom stereocenters. The van der Waals surface area contributed by atoms with E-state index in [-0.39, 0.29) is 11.2 Å². The Morgan fingerprint density at radius 3 is 2.67 bits per heavy atom. The molecule has 1 aromatic rings. The van der Waals surface area contributed by atoms with Crippen LogP contribution in [0.5, 0.6) is 0 Å². The van der Waals surface area contributed by atoms with Crippen LogP contribution in [0.25, 0.3) is 0 Å². The van der Waals surface area contributed by atoms with Crippen molar-refractivity contribution in [2.75, 3.05) is 0 Å². The molecule has 0 aliphatic heterocycles. The Morgan fingerprint density at radius 1 is 1.42 bits per heavy atom. The van der Waals surface area contributed by atoms with Gasteiger partial charge in [0.1, 0.15) is 0 Å². The van der Waals surface area contributed by atoms with Gasteiger partial charge in [0.25, 0.3) is 5.56 Å². The van der Waals surface area contributed by atoms with E-state index in [0.29, 0.717) is 6.04 Å². The molecule has 4 heteroatoms. The predicted octanol–water partition coefficient (Wildman–Crippen LogP) is 0.262. The molecule has 64 valence electrons. The Hall–Kier alpha value is -1.32. The second-order valence-electron chi connectivity index (χ2n) is 3.10. The molecule has 0 amide bonds. The van der Waals surface area contributed by atoms with E-state index >= 15 is 0 Å². The van der Waals surface area contributed by atoms with Gasteiger partial charge in [0.15, 0.2) is 0 Å². The van der Waals surface area contributed by atoms with Gasteiger partial charge in [0, 0.05) is 18.3 Å². The quantitative estimate of drug-likeness (QED) is 0.650. The SMILES string of the molecule is O=c1ccn(C2CCC2)c(=O)[nH]1. The summed E-state index contributed by atoms with van der Waals surface area (Å²) in [7, 11) is 0. The topological polar surface area (TPSA) is 54.9 Å². The molecule has 4 nitrogen and oxygen atoms in total. The van der Waals surface area contributed by atoms with Crippen molar-refractivity contribution in [2.24, 2.45) is 0 Å². The lowest BCUT2D eigenvalue weighted by atomic mass is 9.93. The Bertz CT molecular complexity index is 387. The van der Waals surface area contributed by atoms with Gasteiger partial charge in [-0.25, -0.2) is 4.79 Å². The summed E-state index contributed by atoms with van der Waals surface area (Å²) >= 11 is 0. The van der Waals surface area contributed by atoms with Gasteiger partial charge >= 0.3 is 5.69 Å². The maximum Gasteiger partial charge on any atom is 0.328 e. The van der Waals surface area contributed by atoms with E-state index in [1.165, 1.54) is 12.5 Å². The van der Waals surface area contributed by atoms with Crippen molar-refractivity contribution in [3.8, 4) is 0 Å². The number of rotatable bonds is 1. The van der Waals surface area contributed by atoms with Crippen LogP contribution in [0.15, 0.2) is 21.9 Å². The first kappa shape index (κ1) is 7.34. The van der Waals surface area contributed by atoms with Crippen molar-refractivity contribution in [3.63, 3.8) is 0 Å². The van der Waals surface area contributed by atoms with Crippen LogP contribution < -0.4 is 11.2 Å². The lowest BCUT2D eigenvalue weighted by molar-refractivity contribution is 0.302. The summed E-state index contributed by atoms with van der Waals surface area (Å²) in [5.74, 6) is 0. The Kier molecular flexibility index (Phi) is 1.60. The van der Waals surface area contributed by atoms with Gasteiger partial charge in [-0.2, -0.15) is 0 Å². The number of hydrogen-bond donors (Lipinski definition) is 1. The van der Waals surface area contributed by atoms with Gasteiger partial charge < -0.3 is 0 Å². The highest BCUT2D eigenvalue weighted by Crippen LogP contribution is 2.29. The fraction of sp³-hybridized carbons (Fsp3) is 0.500. The molecular weight excluding hydrogens is 156 g/mol. The van der Waals surface area contributed by atoms with Gasteiger partial charge in [0.2, 0.25) is 0 Å². The number of nitrogens with zero attached hydrogens (tertiary/aromatic N) is 1. The maximum absolute atomic E-state index is 11.2. The lowest BCUT2D eigenvalue weighted by Crippen LogP contribution is -2.33. The summed E-state index contributed by atoms with van der Waals surface area (Å²) in [6, 6.07) is 1.70. The van der Waals surface area contributed by atoms with Crippen LogP contribution in [-0.2, 0) is 0 Å². The summed E-state index contributed by atoms with van der Waals surface area (Å²) in [6.45, 7) is 0. The molecule has 1 saturated carbocycles. The van der Waals surface area contributed by atoms with Crippen LogP contribution >= 0.6 is 0 Å². The van der Waals surface area contributed by atoms with Crippen molar-refractivity contribution >= 4 is 0 Å². The van der Waals surface area contributed by atoms with Crippen LogP contribution in [0.2, 0.25) is 0 Å². The van der Waals surface area contributed by atoms with E-state index in [2.05, 4.69) is 4.98 Å². The minimum Gasteiger partial charge on any atom is -0.298 e. The lowest BCUT2D eigenvalue weighted by Gasteiger charge is -2.26. The van der Waals surface area contributed by atoms with Crippen molar-refractivity contribution in [3.05, 3.63) is 33.1 Å². The third-order valence-electron chi connectivity index (χ3n) is 2.32. The van der Waals surface area contributed by atoms with Gasteiger partial charge in [0.05, 0.1) is 0 Å². The van der Waals surface area contributed by atoms with Crippen molar-refractivity contribution in [2.45, 2.75) is 25.3 Å². The first-order valence-corrected chi connectivity index (χ1v) is 4.09. The second kappa shape index (κ2) is 2.62. The van der Waals surface area contributed by atoms with E-state index in [4.69, 9.17) is 0 Å². The summed E-state index contributed by atoms with van der Waals surface area (Å²) in [6.07, 6.45) is 4.85. The zero-order valence-electron chi connectivity index (χ0n) is 6.62. The molecule has 1 aliphatic carbocycles. The number of H-pyrrole nitrogens is 1. The molecule has 1 aliphatic rings. The zero-order chi connectivity index (χ0) is 8.55. The standard InChI is InChI=1S/C8H10N2O2/c11-7-4-5-10(8(12)9-7)6-2-1-3-6/h4-6H,1-3H2,(H,9,11,12). The Labute approximate surface area is 68.9 Å². The minimum absolute atomic E-state index is 0.285. The molecule has 12 heavy (non-hydrogen) atoms. The molecule has 1 aromatic heterocycles. The van der Waals surface area contributed by atoms with Crippen LogP contribution in [0.3, 0.4) is 0 Å². The van der Waals surface area contributed by atoms with Crippen molar-refractivity contribution in [1.29, 1.82) is 0 Å². The number of nitrogens with one attached hydrogen (secondary N) is 1. The predicted molar refractivity (Wildman–Crippen MR) is 44.2 cm³/mol. The van der Waals surface area contributed by atoms with E-state index in [1.807, 2.05) is 0 Å². The first-order valence-electron chi connectivity index (χ1n) is 4.09. The van der Waals surface area contributed by atoms with E-state index in [1.54, 1.807) is 10.8 Å². The van der Waals surface area contributed by atoms with Gasteiger partial charge in [-0.05, 0) is 19.3 Å². The maximum atomic E-state index is 11.2. The fourth-order valence-corrected chi connectivity index (χ4v) is 1.38. The van der Waals surface area contributed by atoms with Crippen LogP contribution in [0.4, 0.5) is 0 Å². The van der Waals surface area contributed by atoms with Crippen molar-refractivity contribution < 1.29 is 0 Å². The van der Waals surface area contributed by atoms with Gasteiger partial charge in [-0.3, -0.25) is 14.3 Å². The zero-order valence-corrected chi connectivity index (χ0v) is 6.62. The molecule has 1 fully saturated rings. The van der Waals surface area contributed by atoms with E-state index < -0.39 is 0 Å². The molecular formula is C8H10N2O2. The van der Waals surface area contributed by atoms with E-state index in [0.717, 1.165) is 12.8 Å². The van der Waals surface area contributed by atoms with Crippen LogP contribution in [0, 0.1) is 0 Å². The van der Waals surface area contributed by atoms with E-state index in [9.17, 15) is 9.59 Å². The Balaban J connectivity index is 2.44. The first-order chi connectivity index (χ1) is 5.77. The summed E-state index contributed by atoms with van der Waals surface area (Å²) in [4.78, 5) is 24.1. The highest BCUT2D eigenvalue weighted by molar-refractivity contribution is 4.88. The molecule has 1 heterocycles. The number of aromatic nitrogens is 2. The Morgan fingerprint density at radius 2 is 2.17 bits per heavy atom. The minimum atomic E-state index is -0.324. The van der Waals surface area contributed by atoms with Gasteiger partial charge in [-0.1, -0.05) is 0 Å². The third kappa shape index (κ3) is 1.09. The molecule has 0 radical (unpaired) electrons. The average Bonchev–Trinajstić information content (AvgIpc) is 1.91. The second-order valence-corrected chi connectivity index (χ2v) is 3.10. The monoisotopic (exact) mass is 166 g/mol. The normalized spacial score (nSPS) is 17.3. The fourth-order valence-electron chi connectivity index (χ4n) is 1.38.